The number of carbonyl (C=O) groups is 2. The second-order valence-electron chi connectivity index (χ2n) is 6.77. The molecule has 1 aromatic carbocycles. The van der Waals surface area contributed by atoms with Crippen molar-refractivity contribution in [1.29, 1.82) is 0 Å². The van der Waals surface area contributed by atoms with E-state index in [0.29, 0.717) is 24.2 Å². The summed E-state index contributed by atoms with van der Waals surface area (Å²) in [5.74, 6) is 0.0398. The average Bonchev–Trinajstić information content (AvgIpc) is 2.60. The summed E-state index contributed by atoms with van der Waals surface area (Å²) in [6.07, 6.45) is 5.46. The predicted molar refractivity (Wildman–Crippen MR) is 94.9 cm³/mol. The third kappa shape index (κ3) is 5.34. The highest BCUT2D eigenvalue weighted by Gasteiger charge is 2.21. The highest BCUT2D eigenvalue weighted by molar-refractivity contribution is 5.97. The zero-order valence-electron chi connectivity index (χ0n) is 14.6. The van der Waals surface area contributed by atoms with Crippen LogP contribution in [0.25, 0.3) is 0 Å². The van der Waals surface area contributed by atoms with Crippen LogP contribution in [0, 0.1) is 5.92 Å². The highest BCUT2D eigenvalue weighted by atomic mass is 16.3. The van der Waals surface area contributed by atoms with Gasteiger partial charge in [0, 0.05) is 30.8 Å². The van der Waals surface area contributed by atoms with Gasteiger partial charge in [-0.15, -0.1) is 0 Å². The van der Waals surface area contributed by atoms with Crippen LogP contribution in [0.4, 0.5) is 5.69 Å². The van der Waals surface area contributed by atoms with Crippen molar-refractivity contribution in [1.82, 2.24) is 4.90 Å². The molecule has 2 N–H and O–H groups in total. The lowest BCUT2D eigenvalue weighted by atomic mass is 9.88. The minimum Gasteiger partial charge on any atom is -0.393 e. The third-order valence-corrected chi connectivity index (χ3v) is 4.58. The molecule has 2 rings (SSSR count). The van der Waals surface area contributed by atoms with E-state index in [4.69, 9.17) is 0 Å². The quantitative estimate of drug-likeness (QED) is 0.841. The molecule has 0 heterocycles. The molecule has 1 fully saturated rings. The SMILES string of the molecule is CC(O)CCN(C)C(=O)c1cccc(NC(=O)C2CCCCC2)c1. The van der Waals surface area contributed by atoms with Crippen LogP contribution < -0.4 is 5.32 Å². The van der Waals surface area contributed by atoms with Gasteiger partial charge in [-0.3, -0.25) is 9.59 Å². The van der Waals surface area contributed by atoms with Gasteiger partial charge >= 0.3 is 0 Å². The smallest absolute Gasteiger partial charge is 0.253 e. The van der Waals surface area contributed by atoms with E-state index in [0.717, 1.165) is 25.7 Å². The fourth-order valence-corrected chi connectivity index (χ4v) is 3.04. The zero-order chi connectivity index (χ0) is 17.5. The van der Waals surface area contributed by atoms with Crippen LogP contribution in [0.5, 0.6) is 0 Å². The maximum absolute atomic E-state index is 12.4. The van der Waals surface area contributed by atoms with Gasteiger partial charge in [-0.05, 0) is 44.4 Å². The first-order valence-corrected chi connectivity index (χ1v) is 8.82. The van der Waals surface area contributed by atoms with Crippen molar-refractivity contribution in [2.24, 2.45) is 5.92 Å². The molecule has 5 nitrogen and oxygen atoms in total. The van der Waals surface area contributed by atoms with Crippen LogP contribution in [0.1, 0.15) is 55.8 Å². The lowest BCUT2D eigenvalue weighted by Crippen LogP contribution is -2.29. The Hall–Kier alpha value is -1.88. The molecule has 1 unspecified atom stereocenters. The van der Waals surface area contributed by atoms with Gasteiger partial charge in [-0.2, -0.15) is 0 Å². The molecule has 1 atom stereocenters. The molecule has 132 valence electrons. The normalized spacial score (nSPS) is 16.5. The van der Waals surface area contributed by atoms with E-state index in [1.54, 1.807) is 37.1 Å². The molecule has 1 saturated carbocycles. The Morgan fingerprint density at radius 2 is 2.00 bits per heavy atom. The van der Waals surface area contributed by atoms with Gasteiger partial charge in [0.2, 0.25) is 5.91 Å². The summed E-state index contributed by atoms with van der Waals surface area (Å²) < 4.78 is 0. The second kappa shape index (κ2) is 8.83. The molecule has 24 heavy (non-hydrogen) atoms. The van der Waals surface area contributed by atoms with Gasteiger partial charge in [-0.1, -0.05) is 25.3 Å². The van der Waals surface area contributed by atoms with Crippen LogP contribution >= 0.6 is 0 Å². The number of nitrogens with zero attached hydrogens (tertiary/aromatic N) is 1. The van der Waals surface area contributed by atoms with Crippen molar-refractivity contribution in [3.63, 3.8) is 0 Å². The van der Waals surface area contributed by atoms with E-state index in [9.17, 15) is 14.7 Å². The van der Waals surface area contributed by atoms with Crippen LogP contribution in [0.3, 0.4) is 0 Å². The zero-order valence-corrected chi connectivity index (χ0v) is 14.6. The van der Waals surface area contributed by atoms with Crippen LogP contribution in [0.15, 0.2) is 24.3 Å². The predicted octanol–water partition coefficient (Wildman–Crippen LogP) is 3.05. The van der Waals surface area contributed by atoms with Gasteiger partial charge in [-0.25, -0.2) is 0 Å². The number of nitrogens with one attached hydrogen (secondary N) is 1. The van der Waals surface area contributed by atoms with Crippen LogP contribution in [-0.2, 0) is 4.79 Å². The van der Waals surface area contributed by atoms with E-state index in [2.05, 4.69) is 5.32 Å². The molecule has 5 heteroatoms. The number of anilines is 1. The first kappa shape index (κ1) is 18.5. The van der Waals surface area contributed by atoms with E-state index in [1.807, 2.05) is 6.07 Å². The summed E-state index contributed by atoms with van der Waals surface area (Å²) in [4.78, 5) is 26.3. The van der Waals surface area contributed by atoms with E-state index < -0.39 is 6.10 Å². The lowest BCUT2D eigenvalue weighted by Gasteiger charge is -2.21. The number of hydrogen-bond donors (Lipinski definition) is 2. The summed E-state index contributed by atoms with van der Waals surface area (Å²) in [5, 5.41) is 12.3. The van der Waals surface area contributed by atoms with E-state index >= 15 is 0 Å². The number of carbonyl (C=O) groups excluding carboxylic acids is 2. The number of amides is 2. The number of hydrogen-bond acceptors (Lipinski definition) is 3. The van der Waals surface area contributed by atoms with E-state index in [1.165, 1.54) is 6.42 Å². The largest absolute Gasteiger partial charge is 0.393 e. The summed E-state index contributed by atoms with van der Waals surface area (Å²) in [7, 11) is 1.72. The molecule has 0 saturated heterocycles. The van der Waals surface area contributed by atoms with Crippen molar-refractivity contribution >= 4 is 17.5 Å². The Morgan fingerprint density at radius 1 is 1.29 bits per heavy atom. The maximum Gasteiger partial charge on any atom is 0.253 e. The fourth-order valence-electron chi connectivity index (χ4n) is 3.04. The topological polar surface area (TPSA) is 69.6 Å². The first-order valence-electron chi connectivity index (χ1n) is 8.82. The number of aliphatic hydroxyl groups is 1. The van der Waals surface area contributed by atoms with Crippen LogP contribution in [0.2, 0.25) is 0 Å². The number of benzene rings is 1. The molecular weight excluding hydrogens is 304 g/mol. The summed E-state index contributed by atoms with van der Waals surface area (Å²) in [6, 6.07) is 7.07. The molecule has 1 aliphatic carbocycles. The number of rotatable bonds is 6. The maximum atomic E-state index is 12.4. The Labute approximate surface area is 144 Å². The molecule has 0 aliphatic heterocycles. The van der Waals surface area contributed by atoms with Gasteiger partial charge in [0.15, 0.2) is 0 Å². The molecule has 0 spiro atoms. The minimum absolute atomic E-state index is 0.0572. The summed E-state index contributed by atoms with van der Waals surface area (Å²) in [5.41, 5.74) is 1.21. The highest BCUT2D eigenvalue weighted by Crippen LogP contribution is 2.25. The molecule has 1 aliphatic rings. The molecular formula is C19H28N2O3. The second-order valence-corrected chi connectivity index (χ2v) is 6.77. The summed E-state index contributed by atoms with van der Waals surface area (Å²) in [6.45, 7) is 2.20. The Kier molecular flexibility index (Phi) is 6.79. The number of aliphatic hydroxyl groups excluding tert-OH is 1. The standard InChI is InChI=1S/C19H28N2O3/c1-14(22)11-12-21(2)19(24)16-9-6-10-17(13-16)20-18(23)15-7-4-3-5-8-15/h6,9-10,13-15,22H,3-5,7-8,11-12H2,1-2H3,(H,20,23). The Bertz CT molecular complexity index is 565. The summed E-state index contributed by atoms with van der Waals surface area (Å²) >= 11 is 0. The molecule has 2 amide bonds. The Balaban J connectivity index is 1.97. The Morgan fingerprint density at radius 3 is 2.67 bits per heavy atom. The molecule has 0 bridgehead atoms. The molecule has 0 radical (unpaired) electrons. The van der Waals surface area contributed by atoms with Crippen molar-refractivity contribution in [2.75, 3.05) is 18.9 Å². The van der Waals surface area contributed by atoms with E-state index in [-0.39, 0.29) is 17.7 Å². The lowest BCUT2D eigenvalue weighted by molar-refractivity contribution is -0.120. The van der Waals surface area contributed by atoms with Gasteiger partial charge in [0.1, 0.15) is 0 Å². The van der Waals surface area contributed by atoms with Gasteiger partial charge < -0.3 is 15.3 Å². The minimum atomic E-state index is -0.429. The fraction of sp³-hybridized carbons (Fsp3) is 0.579. The monoisotopic (exact) mass is 332 g/mol. The van der Waals surface area contributed by atoms with Gasteiger partial charge in [0.25, 0.3) is 5.91 Å². The van der Waals surface area contributed by atoms with Crippen molar-refractivity contribution in [3.05, 3.63) is 29.8 Å². The molecule has 1 aromatic rings. The van der Waals surface area contributed by atoms with Gasteiger partial charge in [0.05, 0.1) is 6.10 Å². The third-order valence-electron chi connectivity index (χ3n) is 4.58. The van der Waals surface area contributed by atoms with Crippen molar-refractivity contribution < 1.29 is 14.7 Å². The van der Waals surface area contributed by atoms with Crippen molar-refractivity contribution in [3.8, 4) is 0 Å². The van der Waals surface area contributed by atoms with Crippen molar-refractivity contribution in [2.45, 2.75) is 51.6 Å². The molecule has 0 aromatic heterocycles. The average molecular weight is 332 g/mol. The van der Waals surface area contributed by atoms with Crippen LogP contribution in [-0.4, -0.2) is 41.5 Å². The first-order chi connectivity index (χ1) is 11.5.